The van der Waals surface area contributed by atoms with E-state index in [4.69, 9.17) is 4.42 Å². The normalized spacial score (nSPS) is 15.8. The molecule has 1 aliphatic rings. The number of hydrogen-bond acceptors (Lipinski definition) is 4. The van der Waals surface area contributed by atoms with Gasteiger partial charge in [0.15, 0.2) is 5.76 Å². The predicted molar refractivity (Wildman–Crippen MR) is 107 cm³/mol. The van der Waals surface area contributed by atoms with Gasteiger partial charge in [-0.2, -0.15) is 0 Å². The SMILES string of the molecule is CC1CCc2sc(C(=O)Nc3ccc(NC(=O)c4ccco4)cc3)cc2C1. The Morgan fingerprint density at radius 1 is 1.07 bits per heavy atom. The summed E-state index contributed by atoms with van der Waals surface area (Å²) in [6.07, 6.45) is 4.78. The molecule has 6 heteroatoms. The number of carbonyl (C=O) groups excluding carboxylic acids is 2. The summed E-state index contributed by atoms with van der Waals surface area (Å²) < 4.78 is 5.07. The Morgan fingerprint density at radius 3 is 2.44 bits per heavy atom. The average Bonchev–Trinajstić information content (AvgIpc) is 3.32. The Hall–Kier alpha value is -2.86. The zero-order chi connectivity index (χ0) is 18.8. The van der Waals surface area contributed by atoms with Crippen molar-refractivity contribution in [2.75, 3.05) is 10.6 Å². The van der Waals surface area contributed by atoms with Gasteiger partial charge in [-0.15, -0.1) is 11.3 Å². The first-order chi connectivity index (χ1) is 13.1. The molecule has 0 spiro atoms. The summed E-state index contributed by atoms with van der Waals surface area (Å²) in [6, 6.07) is 12.3. The Morgan fingerprint density at radius 2 is 1.78 bits per heavy atom. The van der Waals surface area contributed by atoms with E-state index < -0.39 is 0 Å². The molecule has 1 unspecified atom stereocenters. The van der Waals surface area contributed by atoms with E-state index in [0.29, 0.717) is 17.3 Å². The van der Waals surface area contributed by atoms with Crippen LogP contribution in [0.1, 0.15) is 44.0 Å². The van der Waals surface area contributed by atoms with Crippen LogP contribution in [0.25, 0.3) is 0 Å². The Kier molecular flexibility index (Phi) is 4.81. The maximum absolute atomic E-state index is 12.5. The van der Waals surface area contributed by atoms with Crippen LogP contribution in [-0.4, -0.2) is 11.8 Å². The molecule has 2 N–H and O–H groups in total. The molecule has 2 aromatic heterocycles. The minimum Gasteiger partial charge on any atom is -0.459 e. The molecule has 5 nitrogen and oxygen atoms in total. The summed E-state index contributed by atoms with van der Waals surface area (Å²) in [7, 11) is 0. The largest absolute Gasteiger partial charge is 0.459 e. The molecular formula is C21H20N2O3S. The second kappa shape index (κ2) is 7.40. The highest BCUT2D eigenvalue weighted by molar-refractivity contribution is 7.14. The summed E-state index contributed by atoms with van der Waals surface area (Å²) in [5.41, 5.74) is 2.64. The number of anilines is 2. The van der Waals surface area contributed by atoms with Gasteiger partial charge in [0.2, 0.25) is 0 Å². The fraction of sp³-hybridized carbons (Fsp3) is 0.238. The topological polar surface area (TPSA) is 71.3 Å². The molecule has 0 radical (unpaired) electrons. The number of carbonyl (C=O) groups is 2. The molecular weight excluding hydrogens is 360 g/mol. The van der Waals surface area contributed by atoms with Gasteiger partial charge in [0.1, 0.15) is 0 Å². The van der Waals surface area contributed by atoms with Gasteiger partial charge in [0.05, 0.1) is 11.1 Å². The highest BCUT2D eigenvalue weighted by Crippen LogP contribution is 2.32. The van der Waals surface area contributed by atoms with Crippen molar-refractivity contribution in [2.24, 2.45) is 5.92 Å². The smallest absolute Gasteiger partial charge is 0.291 e. The van der Waals surface area contributed by atoms with Crippen molar-refractivity contribution in [3.05, 3.63) is 69.8 Å². The van der Waals surface area contributed by atoms with Gasteiger partial charge in [-0.3, -0.25) is 9.59 Å². The van der Waals surface area contributed by atoms with Crippen LogP contribution in [0.2, 0.25) is 0 Å². The van der Waals surface area contributed by atoms with Gasteiger partial charge in [-0.05, 0) is 73.2 Å². The Labute approximate surface area is 161 Å². The second-order valence-corrected chi connectivity index (χ2v) is 8.01. The summed E-state index contributed by atoms with van der Waals surface area (Å²) in [5, 5.41) is 5.68. The number of thiophene rings is 1. The van der Waals surface area contributed by atoms with Gasteiger partial charge in [0.25, 0.3) is 11.8 Å². The molecule has 138 valence electrons. The average molecular weight is 380 g/mol. The zero-order valence-electron chi connectivity index (χ0n) is 15.0. The lowest BCUT2D eigenvalue weighted by Crippen LogP contribution is -2.12. The summed E-state index contributed by atoms with van der Waals surface area (Å²) in [6.45, 7) is 2.26. The highest BCUT2D eigenvalue weighted by Gasteiger charge is 2.20. The maximum Gasteiger partial charge on any atom is 0.291 e. The van der Waals surface area contributed by atoms with E-state index in [2.05, 4.69) is 17.6 Å². The van der Waals surface area contributed by atoms with Crippen LogP contribution in [0.5, 0.6) is 0 Å². The number of amides is 2. The summed E-state index contributed by atoms with van der Waals surface area (Å²) in [4.78, 5) is 26.6. The predicted octanol–water partition coefficient (Wildman–Crippen LogP) is 4.97. The third-order valence-corrected chi connectivity index (χ3v) is 5.93. The van der Waals surface area contributed by atoms with Crippen molar-refractivity contribution in [3.63, 3.8) is 0 Å². The lowest BCUT2D eigenvalue weighted by molar-refractivity contribution is 0.0994. The van der Waals surface area contributed by atoms with Crippen molar-refractivity contribution in [1.29, 1.82) is 0 Å². The standard InChI is InChI=1S/C21H20N2O3S/c1-13-4-9-18-14(11-13)12-19(27-18)21(25)23-16-7-5-15(6-8-16)22-20(24)17-3-2-10-26-17/h2-3,5-8,10,12-13H,4,9,11H2,1H3,(H,22,24)(H,23,25). The van der Waals surface area contributed by atoms with Gasteiger partial charge in [0, 0.05) is 16.3 Å². The van der Waals surface area contributed by atoms with Gasteiger partial charge in [-0.25, -0.2) is 0 Å². The number of benzene rings is 1. The first kappa shape index (κ1) is 17.5. The van der Waals surface area contributed by atoms with Crippen molar-refractivity contribution in [3.8, 4) is 0 Å². The number of rotatable bonds is 4. The molecule has 3 aromatic rings. The van der Waals surface area contributed by atoms with Crippen LogP contribution in [0.3, 0.4) is 0 Å². The zero-order valence-corrected chi connectivity index (χ0v) is 15.8. The molecule has 0 saturated carbocycles. The molecule has 1 atom stereocenters. The lowest BCUT2D eigenvalue weighted by atomic mass is 9.90. The van der Waals surface area contributed by atoms with Crippen molar-refractivity contribution in [1.82, 2.24) is 0 Å². The van der Waals surface area contributed by atoms with Crippen molar-refractivity contribution >= 4 is 34.5 Å². The van der Waals surface area contributed by atoms with E-state index in [9.17, 15) is 9.59 Å². The number of fused-ring (bicyclic) bond motifs is 1. The van der Waals surface area contributed by atoms with Gasteiger partial charge < -0.3 is 15.1 Å². The van der Waals surface area contributed by atoms with Crippen LogP contribution < -0.4 is 10.6 Å². The third kappa shape index (κ3) is 3.95. The molecule has 0 saturated heterocycles. The van der Waals surface area contributed by atoms with Crippen LogP contribution in [0.4, 0.5) is 11.4 Å². The summed E-state index contributed by atoms with van der Waals surface area (Å²) in [5.74, 6) is 0.542. The number of hydrogen-bond donors (Lipinski definition) is 2. The van der Waals surface area contributed by atoms with Crippen LogP contribution >= 0.6 is 11.3 Å². The quantitative estimate of drug-likeness (QED) is 0.671. The van der Waals surface area contributed by atoms with E-state index in [0.717, 1.165) is 17.7 Å². The van der Waals surface area contributed by atoms with E-state index in [-0.39, 0.29) is 17.6 Å². The van der Waals surface area contributed by atoms with E-state index >= 15 is 0 Å². The molecule has 4 rings (SSSR count). The molecule has 2 heterocycles. The van der Waals surface area contributed by atoms with Crippen LogP contribution in [-0.2, 0) is 12.8 Å². The molecule has 0 fully saturated rings. The summed E-state index contributed by atoms with van der Waals surface area (Å²) >= 11 is 1.60. The molecule has 0 bridgehead atoms. The molecule has 1 aliphatic carbocycles. The van der Waals surface area contributed by atoms with Gasteiger partial charge >= 0.3 is 0 Å². The fourth-order valence-corrected chi connectivity index (χ4v) is 4.35. The lowest BCUT2D eigenvalue weighted by Gasteiger charge is -2.16. The molecule has 1 aromatic carbocycles. The number of aryl methyl sites for hydroxylation is 1. The van der Waals surface area contributed by atoms with Gasteiger partial charge in [-0.1, -0.05) is 6.92 Å². The molecule has 27 heavy (non-hydrogen) atoms. The van der Waals surface area contributed by atoms with E-state index in [1.807, 2.05) is 6.07 Å². The second-order valence-electron chi connectivity index (χ2n) is 6.87. The van der Waals surface area contributed by atoms with Crippen LogP contribution in [0.15, 0.2) is 53.1 Å². The first-order valence-corrected chi connectivity index (χ1v) is 9.78. The van der Waals surface area contributed by atoms with Crippen molar-refractivity contribution in [2.45, 2.75) is 26.2 Å². The minimum absolute atomic E-state index is 0.0885. The minimum atomic E-state index is -0.310. The number of furan rings is 1. The Balaban J connectivity index is 1.39. The van der Waals surface area contributed by atoms with E-state index in [1.54, 1.807) is 47.7 Å². The first-order valence-electron chi connectivity index (χ1n) is 8.96. The molecule has 0 aliphatic heterocycles. The van der Waals surface area contributed by atoms with Crippen LogP contribution in [0, 0.1) is 5.92 Å². The Bertz CT molecular complexity index is 958. The highest BCUT2D eigenvalue weighted by atomic mass is 32.1. The monoisotopic (exact) mass is 380 g/mol. The molecule has 2 amide bonds. The van der Waals surface area contributed by atoms with Crippen molar-refractivity contribution < 1.29 is 14.0 Å². The fourth-order valence-electron chi connectivity index (χ4n) is 3.25. The maximum atomic E-state index is 12.5. The van der Waals surface area contributed by atoms with E-state index in [1.165, 1.54) is 23.1 Å². The number of nitrogens with one attached hydrogen (secondary N) is 2. The third-order valence-electron chi connectivity index (χ3n) is 4.70.